The lowest BCUT2D eigenvalue weighted by atomic mass is 9.70. The third kappa shape index (κ3) is 5.02. The van der Waals surface area contributed by atoms with Crippen molar-refractivity contribution in [2.75, 3.05) is 19.6 Å². The van der Waals surface area contributed by atoms with Gasteiger partial charge in [0, 0.05) is 42.2 Å². The molecule has 5 heterocycles. The molecule has 0 spiro atoms. The molecular formula is C38H42N6O. The second-order valence-electron chi connectivity index (χ2n) is 13.7. The van der Waals surface area contributed by atoms with Crippen molar-refractivity contribution in [3.05, 3.63) is 102 Å². The van der Waals surface area contributed by atoms with Crippen molar-refractivity contribution >= 4 is 27.8 Å². The lowest BCUT2D eigenvalue weighted by Gasteiger charge is -2.45. The smallest absolute Gasteiger partial charge is 0.253 e. The number of carbonyl (C=O) groups is 1. The molecule has 0 aliphatic carbocycles. The average molecular weight is 599 g/mol. The van der Waals surface area contributed by atoms with Crippen LogP contribution >= 0.6 is 0 Å². The standard InChI is InChI=1S/C38H42N6O/c1-26-25-39-41-35-22-28(12-15-33(26)35)37(45)42-19-16-38(17-20-42,29-8-4-3-5-9-29)18-21-43-30-13-14-31(43)24-32(23-30)44-27(2)40-34-10-6-7-11-36(34)44/h3-12,15,22,25,30-32H,13-14,16-21,23-24H2,1-2H3. The van der Waals surface area contributed by atoms with E-state index >= 15 is 0 Å². The van der Waals surface area contributed by atoms with E-state index in [4.69, 9.17) is 4.98 Å². The number of carbonyl (C=O) groups excluding carboxylic acids is 1. The van der Waals surface area contributed by atoms with E-state index in [0.29, 0.717) is 23.7 Å². The molecule has 0 saturated carbocycles. The lowest BCUT2D eigenvalue weighted by Crippen LogP contribution is -2.49. The molecule has 3 aliphatic heterocycles. The van der Waals surface area contributed by atoms with Gasteiger partial charge in [0.1, 0.15) is 5.82 Å². The predicted octanol–water partition coefficient (Wildman–Crippen LogP) is 7.03. The van der Waals surface area contributed by atoms with Gasteiger partial charge in [0.05, 0.1) is 22.7 Å². The average Bonchev–Trinajstić information content (AvgIpc) is 3.54. The van der Waals surface area contributed by atoms with Crippen LogP contribution in [0.2, 0.25) is 0 Å². The highest BCUT2D eigenvalue weighted by Crippen LogP contribution is 2.45. The van der Waals surface area contributed by atoms with Crippen molar-refractivity contribution < 1.29 is 4.79 Å². The number of rotatable bonds is 6. The Morgan fingerprint density at radius 1 is 0.867 bits per heavy atom. The van der Waals surface area contributed by atoms with Crippen LogP contribution in [-0.4, -0.2) is 67.2 Å². The summed E-state index contributed by atoms with van der Waals surface area (Å²) in [6, 6.07) is 27.4. The van der Waals surface area contributed by atoms with E-state index in [-0.39, 0.29) is 11.3 Å². The number of hydrogen-bond acceptors (Lipinski definition) is 5. The topological polar surface area (TPSA) is 67.2 Å². The number of aryl methyl sites for hydroxylation is 2. The highest BCUT2D eigenvalue weighted by Gasteiger charge is 2.44. The Labute approximate surface area is 265 Å². The number of likely N-dealkylation sites (tertiary alicyclic amines) is 1. The van der Waals surface area contributed by atoms with Gasteiger partial charge in [-0.15, -0.1) is 0 Å². The summed E-state index contributed by atoms with van der Waals surface area (Å²) in [5, 5.41) is 9.44. The number of piperidine rings is 2. The summed E-state index contributed by atoms with van der Waals surface area (Å²) >= 11 is 0. The Bertz CT molecular complexity index is 1840. The van der Waals surface area contributed by atoms with Crippen molar-refractivity contribution in [3.63, 3.8) is 0 Å². The molecule has 230 valence electrons. The molecule has 3 aliphatic rings. The molecule has 2 unspecified atom stereocenters. The van der Waals surface area contributed by atoms with E-state index in [1.165, 1.54) is 36.8 Å². The molecule has 3 fully saturated rings. The first kappa shape index (κ1) is 28.4. The van der Waals surface area contributed by atoms with Crippen molar-refractivity contribution in [2.24, 2.45) is 0 Å². The number of aromatic nitrogens is 4. The molecule has 3 aromatic carbocycles. The van der Waals surface area contributed by atoms with Gasteiger partial charge in [-0.05, 0) is 106 Å². The molecular weight excluding hydrogens is 556 g/mol. The molecule has 2 bridgehead atoms. The van der Waals surface area contributed by atoms with Gasteiger partial charge in [-0.3, -0.25) is 9.69 Å². The highest BCUT2D eigenvalue weighted by molar-refractivity contribution is 5.98. The van der Waals surface area contributed by atoms with E-state index in [1.54, 1.807) is 6.20 Å². The molecule has 3 saturated heterocycles. The number of fused-ring (bicyclic) bond motifs is 4. The number of hydrogen-bond donors (Lipinski definition) is 0. The number of benzene rings is 3. The largest absolute Gasteiger partial charge is 0.339 e. The Balaban J connectivity index is 0.978. The summed E-state index contributed by atoms with van der Waals surface area (Å²) in [5.41, 5.74) is 6.47. The fraction of sp³-hybridized carbons (Fsp3) is 0.421. The van der Waals surface area contributed by atoms with Gasteiger partial charge in [0.25, 0.3) is 5.91 Å². The maximum absolute atomic E-state index is 13.7. The molecule has 8 rings (SSSR count). The Hall–Kier alpha value is -4.10. The minimum absolute atomic E-state index is 0.0808. The minimum Gasteiger partial charge on any atom is -0.339 e. The summed E-state index contributed by atoms with van der Waals surface area (Å²) in [4.78, 5) is 23.5. The van der Waals surface area contributed by atoms with Gasteiger partial charge < -0.3 is 9.47 Å². The van der Waals surface area contributed by atoms with Gasteiger partial charge in [-0.25, -0.2) is 4.98 Å². The van der Waals surface area contributed by atoms with Crippen LogP contribution in [-0.2, 0) is 5.41 Å². The van der Waals surface area contributed by atoms with Gasteiger partial charge >= 0.3 is 0 Å². The summed E-state index contributed by atoms with van der Waals surface area (Å²) in [7, 11) is 0. The number of imidazole rings is 1. The molecule has 5 aromatic rings. The second-order valence-corrected chi connectivity index (χ2v) is 13.7. The van der Waals surface area contributed by atoms with E-state index in [2.05, 4.69) is 86.1 Å². The normalized spacial score (nSPS) is 23.2. The fourth-order valence-electron chi connectivity index (χ4n) is 8.91. The lowest BCUT2D eigenvalue weighted by molar-refractivity contribution is 0.0607. The quantitative estimate of drug-likeness (QED) is 0.210. The van der Waals surface area contributed by atoms with Gasteiger partial charge in [0.2, 0.25) is 0 Å². The molecule has 7 heteroatoms. The third-order valence-electron chi connectivity index (χ3n) is 11.3. The van der Waals surface area contributed by atoms with Crippen molar-refractivity contribution in [2.45, 2.75) is 82.3 Å². The van der Waals surface area contributed by atoms with Crippen LogP contribution in [0.25, 0.3) is 21.9 Å². The SMILES string of the molecule is Cc1cnnc2cc(C(=O)N3CCC(CCN4C5CCC4CC(n4c(C)nc6ccccc64)C5)(c4ccccc4)CC3)ccc12. The van der Waals surface area contributed by atoms with Crippen LogP contribution in [0.5, 0.6) is 0 Å². The van der Waals surface area contributed by atoms with E-state index in [0.717, 1.165) is 66.7 Å². The van der Waals surface area contributed by atoms with Gasteiger partial charge in [0.15, 0.2) is 0 Å². The molecule has 7 nitrogen and oxygen atoms in total. The van der Waals surface area contributed by atoms with Crippen LogP contribution in [0.15, 0.2) is 79.0 Å². The molecule has 2 aromatic heterocycles. The van der Waals surface area contributed by atoms with Crippen molar-refractivity contribution in [3.8, 4) is 0 Å². The Kier molecular flexibility index (Phi) is 7.16. The minimum atomic E-state index is 0.0808. The number of amides is 1. The Morgan fingerprint density at radius 2 is 1.60 bits per heavy atom. The Morgan fingerprint density at radius 3 is 2.38 bits per heavy atom. The predicted molar refractivity (Wildman–Crippen MR) is 178 cm³/mol. The maximum atomic E-state index is 13.7. The number of nitrogens with zero attached hydrogens (tertiary/aromatic N) is 6. The summed E-state index contributed by atoms with van der Waals surface area (Å²) in [6.07, 6.45) is 9.87. The second kappa shape index (κ2) is 11.4. The van der Waals surface area contributed by atoms with Crippen molar-refractivity contribution in [1.82, 2.24) is 29.5 Å². The number of para-hydroxylation sites is 2. The van der Waals surface area contributed by atoms with Crippen LogP contribution < -0.4 is 0 Å². The van der Waals surface area contributed by atoms with Crippen LogP contribution in [0.4, 0.5) is 0 Å². The maximum Gasteiger partial charge on any atom is 0.253 e. The molecule has 45 heavy (non-hydrogen) atoms. The fourth-order valence-corrected chi connectivity index (χ4v) is 8.91. The van der Waals surface area contributed by atoms with Crippen LogP contribution in [0, 0.1) is 13.8 Å². The highest BCUT2D eigenvalue weighted by atomic mass is 16.2. The zero-order chi connectivity index (χ0) is 30.5. The van der Waals surface area contributed by atoms with E-state index in [9.17, 15) is 4.79 Å². The summed E-state index contributed by atoms with van der Waals surface area (Å²) in [5.74, 6) is 1.24. The molecule has 0 N–H and O–H groups in total. The third-order valence-corrected chi connectivity index (χ3v) is 11.3. The first-order valence-electron chi connectivity index (χ1n) is 16.8. The summed E-state index contributed by atoms with van der Waals surface area (Å²) in [6.45, 7) is 6.87. The first-order chi connectivity index (χ1) is 22.0. The molecule has 0 radical (unpaired) electrons. The van der Waals surface area contributed by atoms with Gasteiger partial charge in [-0.1, -0.05) is 48.5 Å². The monoisotopic (exact) mass is 598 g/mol. The van der Waals surface area contributed by atoms with Crippen LogP contribution in [0.3, 0.4) is 0 Å². The molecule has 1 amide bonds. The van der Waals surface area contributed by atoms with Crippen molar-refractivity contribution in [1.29, 1.82) is 0 Å². The molecule has 2 atom stereocenters. The van der Waals surface area contributed by atoms with Gasteiger partial charge in [-0.2, -0.15) is 10.2 Å². The first-order valence-corrected chi connectivity index (χ1v) is 16.8. The summed E-state index contributed by atoms with van der Waals surface area (Å²) < 4.78 is 2.53. The van der Waals surface area contributed by atoms with E-state index < -0.39 is 0 Å². The van der Waals surface area contributed by atoms with E-state index in [1.807, 2.05) is 25.1 Å². The zero-order valence-electron chi connectivity index (χ0n) is 26.4. The zero-order valence-corrected chi connectivity index (χ0v) is 26.4. The van der Waals surface area contributed by atoms with Crippen LogP contribution in [0.1, 0.15) is 78.3 Å².